The molecular formula is C8H11BrN2O. The number of pyridine rings is 1. The van der Waals surface area contributed by atoms with Gasteiger partial charge in [0.2, 0.25) is 5.88 Å². The van der Waals surface area contributed by atoms with Crippen LogP contribution >= 0.6 is 15.9 Å². The van der Waals surface area contributed by atoms with Crippen molar-refractivity contribution in [1.29, 1.82) is 0 Å². The zero-order valence-corrected chi connectivity index (χ0v) is 8.63. The van der Waals surface area contributed by atoms with Gasteiger partial charge in [-0.05, 0) is 41.9 Å². The molecule has 2 N–H and O–H groups in total. The molecule has 4 heteroatoms. The Kier molecular flexibility index (Phi) is 2.92. The maximum absolute atomic E-state index is 5.49. The first kappa shape index (κ1) is 9.32. The van der Waals surface area contributed by atoms with Crippen LogP contribution in [0.3, 0.4) is 0 Å². The number of hydrogen-bond acceptors (Lipinski definition) is 3. The average Bonchev–Trinajstić information content (AvgIpc) is 1.96. The van der Waals surface area contributed by atoms with Gasteiger partial charge in [0.15, 0.2) is 0 Å². The second-order valence-electron chi connectivity index (χ2n) is 2.69. The van der Waals surface area contributed by atoms with Crippen LogP contribution in [0.2, 0.25) is 0 Å². The zero-order chi connectivity index (χ0) is 9.14. The number of nitrogens with zero attached hydrogens (tertiary/aromatic N) is 1. The fourth-order valence-corrected chi connectivity index (χ4v) is 1.06. The van der Waals surface area contributed by atoms with Crippen LogP contribution in [0.1, 0.15) is 13.8 Å². The third-order valence-corrected chi connectivity index (χ3v) is 1.79. The maximum atomic E-state index is 5.49. The lowest BCUT2D eigenvalue weighted by Gasteiger charge is -2.09. The van der Waals surface area contributed by atoms with Gasteiger partial charge in [-0.3, -0.25) is 0 Å². The summed E-state index contributed by atoms with van der Waals surface area (Å²) >= 11 is 3.32. The highest BCUT2D eigenvalue weighted by atomic mass is 79.9. The Bertz CT molecular complexity index is 276. The highest BCUT2D eigenvalue weighted by Gasteiger charge is 2.04. The predicted molar refractivity (Wildman–Crippen MR) is 52.1 cm³/mol. The maximum Gasteiger partial charge on any atom is 0.230 e. The standard InChI is InChI=1S/C8H11BrN2O/c1-5(2)12-8-6(9)3-4-7(10)11-8/h3-5H,1-2H3,(H2,10,11). The van der Waals surface area contributed by atoms with Gasteiger partial charge < -0.3 is 10.5 Å². The first-order valence-corrected chi connectivity index (χ1v) is 4.47. The van der Waals surface area contributed by atoms with Gasteiger partial charge in [-0.25, -0.2) is 0 Å². The molecule has 0 fully saturated rings. The molecule has 0 aliphatic heterocycles. The van der Waals surface area contributed by atoms with Crippen molar-refractivity contribution in [2.24, 2.45) is 0 Å². The lowest BCUT2D eigenvalue weighted by molar-refractivity contribution is 0.231. The smallest absolute Gasteiger partial charge is 0.230 e. The second kappa shape index (κ2) is 3.76. The quantitative estimate of drug-likeness (QED) is 0.848. The van der Waals surface area contributed by atoms with Crippen LogP contribution in [0.15, 0.2) is 16.6 Å². The SMILES string of the molecule is CC(C)Oc1nc(N)ccc1Br. The average molecular weight is 231 g/mol. The molecule has 12 heavy (non-hydrogen) atoms. The molecule has 0 saturated carbocycles. The van der Waals surface area contributed by atoms with Crippen LogP contribution in [0.25, 0.3) is 0 Å². The van der Waals surface area contributed by atoms with Crippen LogP contribution in [-0.2, 0) is 0 Å². The Morgan fingerprint density at radius 2 is 2.17 bits per heavy atom. The number of ether oxygens (including phenoxy) is 1. The van der Waals surface area contributed by atoms with Gasteiger partial charge in [-0.1, -0.05) is 0 Å². The van der Waals surface area contributed by atoms with E-state index >= 15 is 0 Å². The van der Waals surface area contributed by atoms with Crippen molar-refractivity contribution in [2.75, 3.05) is 5.73 Å². The van der Waals surface area contributed by atoms with Gasteiger partial charge in [0, 0.05) is 0 Å². The summed E-state index contributed by atoms with van der Waals surface area (Å²) in [7, 11) is 0. The monoisotopic (exact) mass is 230 g/mol. The Morgan fingerprint density at radius 1 is 1.50 bits per heavy atom. The van der Waals surface area contributed by atoms with Gasteiger partial charge in [0.05, 0.1) is 10.6 Å². The molecule has 0 unspecified atom stereocenters. The molecular weight excluding hydrogens is 220 g/mol. The topological polar surface area (TPSA) is 48.1 Å². The van der Waals surface area contributed by atoms with E-state index < -0.39 is 0 Å². The molecule has 0 aromatic carbocycles. The predicted octanol–water partition coefficient (Wildman–Crippen LogP) is 2.21. The molecule has 0 saturated heterocycles. The Balaban J connectivity index is 2.90. The van der Waals surface area contributed by atoms with Crippen molar-refractivity contribution in [3.63, 3.8) is 0 Å². The molecule has 0 aliphatic rings. The van der Waals surface area contributed by atoms with Crippen LogP contribution in [0.5, 0.6) is 5.88 Å². The van der Waals surface area contributed by atoms with E-state index in [-0.39, 0.29) is 6.10 Å². The van der Waals surface area contributed by atoms with Crippen molar-refractivity contribution < 1.29 is 4.74 Å². The highest BCUT2D eigenvalue weighted by Crippen LogP contribution is 2.23. The normalized spacial score (nSPS) is 10.3. The zero-order valence-electron chi connectivity index (χ0n) is 7.04. The van der Waals surface area contributed by atoms with E-state index in [0.29, 0.717) is 11.7 Å². The van der Waals surface area contributed by atoms with E-state index in [1.165, 1.54) is 0 Å². The Morgan fingerprint density at radius 3 is 2.75 bits per heavy atom. The minimum absolute atomic E-state index is 0.107. The number of anilines is 1. The van der Waals surface area contributed by atoms with E-state index in [9.17, 15) is 0 Å². The van der Waals surface area contributed by atoms with Crippen molar-refractivity contribution in [3.8, 4) is 5.88 Å². The molecule has 0 radical (unpaired) electrons. The van der Waals surface area contributed by atoms with Crippen LogP contribution < -0.4 is 10.5 Å². The molecule has 1 heterocycles. The molecule has 0 aliphatic carbocycles. The number of rotatable bonds is 2. The summed E-state index contributed by atoms with van der Waals surface area (Å²) in [4.78, 5) is 4.02. The molecule has 0 atom stereocenters. The first-order valence-electron chi connectivity index (χ1n) is 3.68. The lowest BCUT2D eigenvalue weighted by atomic mass is 10.4. The first-order chi connectivity index (χ1) is 5.59. The molecule has 1 aromatic heterocycles. The summed E-state index contributed by atoms with van der Waals surface area (Å²) < 4.78 is 6.21. The lowest BCUT2D eigenvalue weighted by Crippen LogP contribution is -2.08. The van der Waals surface area contributed by atoms with Gasteiger partial charge in [-0.15, -0.1) is 0 Å². The number of nitrogen functional groups attached to an aromatic ring is 1. The minimum Gasteiger partial charge on any atom is -0.474 e. The van der Waals surface area contributed by atoms with Crippen molar-refractivity contribution in [1.82, 2.24) is 4.98 Å². The van der Waals surface area contributed by atoms with E-state index in [1.54, 1.807) is 6.07 Å². The molecule has 0 amide bonds. The number of aromatic nitrogens is 1. The Labute approximate surface area is 80.1 Å². The van der Waals surface area contributed by atoms with Crippen molar-refractivity contribution in [2.45, 2.75) is 20.0 Å². The van der Waals surface area contributed by atoms with Gasteiger partial charge in [0.1, 0.15) is 5.82 Å². The number of halogens is 1. The fraction of sp³-hybridized carbons (Fsp3) is 0.375. The van der Waals surface area contributed by atoms with Crippen molar-refractivity contribution >= 4 is 21.7 Å². The summed E-state index contributed by atoms with van der Waals surface area (Å²) in [5.74, 6) is 1.01. The number of hydrogen-bond donors (Lipinski definition) is 1. The molecule has 3 nitrogen and oxygen atoms in total. The third kappa shape index (κ3) is 2.37. The molecule has 0 bridgehead atoms. The largest absolute Gasteiger partial charge is 0.474 e. The molecule has 1 aromatic rings. The Hall–Kier alpha value is -0.770. The highest BCUT2D eigenvalue weighted by molar-refractivity contribution is 9.10. The third-order valence-electron chi connectivity index (χ3n) is 1.18. The summed E-state index contributed by atoms with van der Waals surface area (Å²) in [5.41, 5.74) is 5.49. The van der Waals surface area contributed by atoms with Crippen LogP contribution in [0, 0.1) is 0 Å². The number of nitrogens with two attached hydrogens (primary N) is 1. The molecule has 0 spiro atoms. The van der Waals surface area contributed by atoms with E-state index in [1.807, 2.05) is 19.9 Å². The van der Waals surface area contributed by atoms with E-state index in [2.05, 4.69) is 20.9 Å². The van der Waals surface area contributed by atoms with Gasteiger partial charge >= 0.3 is 0 Å². The minimum atomic E-state index is 0.107. The van der Waals surface area contributed by atoms with Crippen molar-refractivity contribution in [3.05, 3.63) is 16.6 Å². The van der Waals surface area contributed by atoms with Gasteiger partial charge in [0.25, 0.3) is 0 Å². The van der Waals surface area contributed by atoms with Crippen LogP contribution in [0.4, 0.5) is 5.82 Å². The van der Waals surface area contributed by atoms with Crippen LogP contribution in [-0.4, -0.2) is 11.1 Å². The second-order valence-corrected chi connectivity index (χ2v) is 3.54. The summed E-state index contributed by atoms with van der Waals surface area (Å²) in [5, 5.41) is 0. The summed E-state index contributed by atoms with van der Waals surface area (Å²) in [6, 6.07) is 3.54. The molecule has 1 rings (SSSR count). The molecule has 66 valence electrons. The van der Waals surface area contributed by atoms with E-state index in [4.69, 9.17) is 10.5 Å². The fourth-order valence-electron chi connectivity index (χ4n) is 0.744. The summed E-state index contributed by atoms with van der Waals surface area (Å²) in [6.45, 7) is 3.88. The van der Waals surface area contributed by atoms with Gasteiger partial charge in [-0.2, -0.15) is 4.98 Å². The summed E-state index contributed by atoms with van der Waals surface area (Å²) in [6.07, 6.45) is 0.107. The van der Waals surface area contributed by atoms with E-state index in [0.717, 1.165) is 4.47 Å².